The fourth-order valence-corrected chi connectivity index (χ4v) is 8.36. The van der Waals surface area contributed by atoms with Crippen LogP contribution in [-0.2, 0) is 30.0 Å². The van der Waals surface area contributed by atoms with Gasteiger partial charge in [-0.05, 0) is 87.8 Å². The lowest BCUT2D eigenvalue weighted by Crippen LogP contribution is -2.06. The molecular formula is C49H47N5O3. The lowest BCUT2D eigenvalue weighted by molar-refractivity contribution is -0.143. The lowest BCUT2D eigenvalue weighted by atomic mass is 9.90. The Bertz CT molecular complexity index is 2740. The standard InChI is InChI=1S/C49H47N5O3/c1-53-43-20-9-7-18-39(43)51-48(53)41-31-37(32-42(50-41)49-52-40-19-8-10-21-44(40)54(49)2)56-29-11-5-3-4-6-12-30-57-45(55)22-14-15-33-23-24-36-26-25-34-16-13-17-35-27-28-38(33)47(36)46(34)35/h7-10,13,16-21,23-28,31-32H,3-6,11-12,14-15,22,29-30H2,1-2H3. The third-order valence-electron chi connectivity index (χ3n) is 11.3. The average Bonchev–Trinajstić information content (AvgIpc) is 3.77. The van der Waals surface area contributed by atoms with Crippen molar-refractivity contribution in [2.75, 3.05) is 13.2 Å². The smallest absolute Gasteiger partial charge is 0.305 e. The number of hydrogen-bond donors (Lipinski definition) is 0. The molecule has 0 aliphatic heterocycles. The van der Waals surface area contributed by atoms with E-state index in [1.807, 2.05) is 62.6 Å². The van der Waals surface area contributed by atoms with Crippen LogP contribution in [0.4, 0.5) is 0 Å². The first-order valence-electron chi connectivity index (χ1n) is 20.3. The predicted octanol–water partition coefficient (Wildman–Crippen LogP) is 11.4. The second-order valence-electron chi connectivity index (χ2n) is 15.2. The third-order valence-corrected chi connectivity index (χ3v) is 11.3. The van der Waals surface area contributed by atoms with Crippen LogP contribution < -0.4 is 4.74 Å². The van der Waals surface area contributed by atoms with Gasteiger partial charge in [0, 0.05) is 32.6 Å². The van der Waals surface area contributed by atoms with Gasteiger partial charge in [0.2, 0.25) is 0 Å². The van der Waals surface area contributed by atoms with Crippen molar-refractivity contribution in [1.82, 2.24) is 24.1 Å². The Morgan fingerprint density at radius 3 is 1.77 bits per heavy atom. The second kappa shape index (κ2) is 16.1. The van der Waals surface area contributed by atoms with E-state index in [2.05, 4.69) is 75.9 Å². The number of ether oxygens (including phenoxy) is 2. The molecule has 0 fully saturated rings. The largest absolute Gasteiger partial charge is 0.493 e. The molecule has 0 amide bonds. The van der Waals surface area contributed by atoms with E-state index in [4.69, 9.17) is 24.4 Å². The van der Waals surface area contributed by atoms with E-state index < -0.39 is 0 Å². The van der Waals surface area contributed by atoms with E-state index in [0.29, 0.717) is 19.6 Å². The van der Waals surface area contributed by atoms with Gasteiger partial charge in [-0.25, -0.2) is 15.0 Å². The van der Waals surface area contributed by atoms with Crippen molar-refractivity contribution in [3.05, 3.63) is 121 Å². The van der Waals surface area contributed by atoms with E-state index in [1.54, 1.807) is 0 Å². The molecule has 0 bridgehead atoms. The molecule has 0 unspecified atom stereocenters. The molecule has 0 atom stereocenters. The Hall–Kier alpha value is -6.28. The van der Waals surface area contributed by atoms with E-state index in [0.717, 1.165) is 102 Å². The van der Waals surface area contributed by atoms with Gasteiger partial charge in [0.25, 0.3) is 0 Å². The minimum atomic E-state index is -0.0975. The van der Waals surface area contributed by atoms with E-state index in [9.17, 15) is 4.79 Å². The quantitative estimate of drug-likeness (QED) is 0.0555. The molecule has 57 heavy (non-hydrogen) atoms. The molecule has 9 rings (SSSR count). The number of carbonyl (C=O) groups is 1. The molecule has 8 nitrogen and oxygen atoms in total. The molecule has 0 saturated carbocycles. The molecule has 3 heterocycles. The minimum absolute atomic E-state index is 0.0975. The second-order valence-corrected chi connectivity index (χ2v) is 15.2. The molecule has 6 aromatic carbocycles. The molecule has 0 aliphatic rings. The van der Waals surface area contributed by atoms with Gasteiger partial charge in [-0.3, -0.25) is 4.79 Å². The zero-order valence-electron chi connectivity index (χ0n) is 32.7. The van der Waals surface area contributed by atoms with Gasteiger partial charge < -0.3 is 18.6 Å². The van der Waals surface area contributed by atoms with Crippen LogP contribution >= 0.6 is 0 Å². The number of nitrogens with zero attached hydrogens (tertiary/aromatic N) is 5. The van der Waals surface area contributed by atoms with Crippen molar-refractivity contribution in [2.24, 2.45) is 14.1 Å². The van der Waals surface area contributed by atoms with Crippen LogP contribution in [0, 0.1) is 0 Å². The van der Waals surface area contributed by atoms with Crippen LogP contribution in [0.25, 0.3) is 77.4 Å². The summed E-state index contributed by atoms with van der Waals surface area (Å²) in [5.41, 5.74) is 6.75. The maximum atomic E-state index is 12.6. The monoisotopic (exact) mass is 753 g/mol. The number of benzene rings is 6. The number of esters is 1. The molecule has 0 N–H and O–H groups in total. The van der Waals surface area contributed by atoms with Crippen molar-refractivity contribution in [3.8, 4) is 28.8 Å². The number of para-hydroxylation sites is 4. The Morgan fingerprint density at radius 1 is 0.561 bits per heavy atom. The summed E-state index contributed by atoms with van der Waals surface area (Å²) in [7, 11) is 4.05. The zero-order chi connectivity index (χ0) is 38.7. The third kappa shape index (κ3) is 7.40. The molecular weight excluding hydrogens is 707 g/mol. The summed E-state index contributed by atoms with van der Waals surface area (Å²) >= 11 is 0. The van der Waals surface area contributed by atoms with Gasteiger partial charge in [-0.2, -0.15) is 0 Å². The van der Waals surface area contributed by atoms with Gasteiger partial charge in [0.15, 0.2) is 11.6 Å². The fraction of sp³-hybridized carbons (Fsp3) is 0.265. The summed E-state index contributed by atoms with van der Waals surface area (Å²) in [6.07, 6.45) is 8.27. The molecule has 0 spiro atoms. The van der Waals surface area contributed by atoms with Gasteiger partial charge >= 0.3 is 5.97 Å². The number of carbonyl (C=O) groups excluding carboxylic acids is 1. The summed E-state index contributed by atoms with van der Waals surface area (Å²) in [6.45, 7) is 1.10. The van der Waals surface area contributed by atoms with Gasteiger partial charge in [-0.1, -0.05) is 105 Å². The van der Waals surface area contributed by atoms with Crippen molar-refractivity contribution in [1.29, 1.82) is 0 Å². The molecule has 0 aliphatic carbocycles. The van der Waals surface area contributed by atoms with E-state index >= 15 is 0 Å². The number of unbranched alkanes of at least 4 members (excludes halogenated alkanes) is 5. The maximum Gasteiger partial charge on any atom is 0.305 e. The highest BCUT2D eigenvalue weighted by Gasteiger charge is 2.18. The number of imidazole rings is 2. The first-order chi connectivity index (χ1) is 28.0. The van der Waals surface area contributed by atoms with Crippen LogP contribution in [0.3, 0.4) is 0 Å². The lowest BCUT2D eigenvalue weighted by Gasteiger charge is -2.14. The van der Waals surface area contributed by atoms with Crippen LogP contribution in [0.2, 0.25) is 0 Å². The first kappa shape index (κ1) is 36.4. The summed E-state index contributed by atoms with van der Waals surface area (Å²) in [6, 6.07) is 40.1. The van der Waals surface area contributed by atoms with Crippen molar-refractivity contribution in [3.63, 3.8) is 0 Å². The molecule has 286 valence electrons. The highest BCUT2D eigenvalue weighted by Crippen LogP contribution is 2.36. The Kier molecular flexibility index (Phi) is 10.2. The normalized spacial score (nSPS) is 11.8. The molecule has 0 radical (unpaired) electrons. The molecule has 9 aromatic rings. The van der Waals surface area contributed by atoms with Crippen LogP contribution in [0.1, 0.15) is 56.9 Å². The van der Waals surface area contributed by atoms with Crippen LogP contribution in [-0.4, -0.2) is 43.3 Å². The highest BCUT2D eigenvalue weighted by molar-refractivity contribution is 6.23. The number of fused-ring (bicyclic) bond motifs is 2. The van der Waals surface area contributed by atoms with Crippen molar-refractivity contribution < 1.29 is 14.3 Å². The zero-order valence-corrected chi connectivity index (χ0v) is 32.7. The predicted molar refractivity (Wildman–Crippen MR) is 231 cm³/mol. The van der Waals surface area contributed by atoms with Gasteiger partial charge in [-0.15, -0.1) is 0 Å². The maximum absolute atomic E-state index is 12.6. The number of rotatable bonds is 16. The summed E-state index contributed by atoms with van der Waals surface area (Å²) in [5, 5.41) is 7.78. The van der Waals surface area contributed by atoms with Crippen LogP contribution in [0.5, 0.6) is 5.75 Å². The number of aromatic nitrogens is 5. The number of aryl methyl sites for hydroxylation is 3. The summed E-state index contributed by atoms with van der Waals surface area (Å²) in [4.78, 5) is 27.5. The summed E-state index contributed by atoms with van der Waals surface area (Å²) < 4.78 is 16.1. The van der Waals surface area contributed by atoms with Crippen molar-refractivity contribution in [2.45, 2.75) is 57.8 Å². The van der Waals surface area contributed by atoms with Gasteiger partial charge in [0.1, 0.15) is 17.1 Å². The van der Waals surface area contributed by atoms with Crippen molar-refractivity contribution >= 4 is 60.4 Å². The number of hydrogen-bond acceptors (Lipinski definition) is 6. The molecule has 8 heteroatoms. The molecule has 0 saturated heterocycles. The van der Waals surface area contributed by atoms with E-state index in [-0.39, 0.29) is 5.97 Å². The Labute approximate surface area is 332 Å². The van der Waals surface area contributed by atoms with E-state index in [1.165, 1.54) is 37.9 Å². The fourth-order valence-electron chi connectivity index (χ4n) is 8.36. The Balaban J connectivity index is 0.726. The molecule has 3 aromatic heterocycles. The summed E-state index contributed by atoms with van der Waals surface area (Å²) in [5.74, 6) is 2.23. The van der Waals surface area contributed by atoms with Crippen LogP contribution in [0.15, 0.2) is 115 Å². The average molecular weight is 754 g/mol. The van der Waals surface area contributed by atoms with Gasteiger partial charge in [0.05, 0.1) is 35.3 Å². The SMILES string of the molecule is Cn1c(-c2cc(OCCCCCCCCOC(=O)CCCc3ccc4ccc5cccc6ccc3c4c56)cc(-c3nc4ccccc4n3C)n2)nc2ccccc21. The highest BCUT2D eigenvalue weighted by atomic mass is 16.5. The number of pyridine rings is 1. The minimum Gasteiger partial charge on any atom is -0.493 e. The Morgan fingerprint density at radius 2 is 1.12 bits per heavy atom. The topological polar surface area (TPSA) is 84.1 Å². The first-order valence-corrected chi connectivity index (χ1v) is 20.3.